The van der Waals surface area contributed by atoms with Crippen molar-refractivity contribution in [3.05, 3.63) is 59.8 Å². The quantitative estimate of drug-likeness (QED) is 0.0952. The second kappa shape index (κ2) is 10.7. The minimum Gasteiger partial charge on any atom is -0.461 e. The van der Waals surface area contributed by atoms with Crippen molar-refractivity contribution in [1.29, 1.82) is 0 Å². The fourth-order valence-corrected chi connectivity index (χ4v) is 8.93. The Morgan fingerprint density at radius 1 is 1.24 bits per heavy atom. The second-order valence-electron chi connectivity index (χ2n) is 12.6. The summed E-state index contributed by atoms with van der Waals surface area (Å²) in [5, 5.41) is 1.42. The number of hydrogen-bond acceptors (Lipinski definition) is 8. The van der Waals surface area contributed by atoms with Gasteiger partial charge in [-0.05, 0) is 49.4 Å². The first-order chi connectivity index (χ1) is 21.8. The van der Waals surface area contributed by atoms with Crippen LogP contribution in [0.2, 0.25) is 0 Å². The number of hydrogen-bond donors (Lipinski definition) is 1. The van der Waals surface area contributed by atoms with Gasteiger partial charge in [-0.2, -0.15) is 9.97 Å². The normalized spacial score (nSPS) is 26.1. The Labute approximate surface area is 273 Å². The number of aromatic nitrogens is 3. The van der Waals surface area contributed by atoms with E-state index in [9.17, 15) is 4.39 Å². The molecule has 3 aliphatic heterocycles. The molecule has 0 amide bonds. The molecule has 230 valence electrons. The molecule has 1 unspecified atom stereocenters. The van der Waals surface area contributed by atoms with Crippen molar-refractivity contribution in [3.63, 3.8) is 0 Å². The van der Waals surface area contributed by atoms with Gasteiger partial charge in [-0.1, -0.05) is 46.7 Å². The van der Waals surface area contributed by atoms with E-state index in [0.29, 0.717) is 69.4 Å². The minimum atomic E-state index is -0.681. The van der Waals surface area contributed by atoms with E-state index in [1.54, 1.807) is 24.4 Å². The van der Waals surface area contributed by atoms with E-state index < -0.39 is 11.6 Å². The van der Waals surface area contributed by atoms with E-state index in [4.69, 9.17) is 26.6 Å². The molecule has 0 radical (unpaired) electrons. The van der Waals surface area contributed by atoms with Crippen LogP contribution in [0.15, 0.2) is 42.6 Å². The highest BCUT2D eigenvalue weighted by atomic mass is 127. The number of benzene rings is 2. The van der Waals surface area contributed by atoms with E-state index in [1.165, 1.54) is 11.6 Å². The van der Waals surface area contributed by atoms with Crippen LogP contribution in [-0.2, 0) is 4.74 Å². The highest BCUT2D eigenvalue weighted by Crippen LogP contribution is 2.48. The van der Waals surface area contributed by atoms with Crippen molar-refractivity contribution in [2.45, 2.75) is 34.8 Å². The number of terminal acetylenes is 1. The van der Waals surface area contributed by atoms with Gasteiger partial charge in [0.05, 0.1) is 29.7 Å². The number of fused-ring (bicyclic) bond motifs is 4. The second-order valence-corrected chi connectivity index (χ2v) is 14.0. The van der Waals surface area contributed by atoms with Crippen molar-refractivity contribution in [2.24, 2.45) is 5.92 Å². The van der Waals surface area contributed by atoms with Crippen LogP contribution in [0.5, 0.6) is 6.01 Å². The molecule has 8 nitrogen and oxygen atoms in total. The van der Waals surface area contributed by atoms with Gasteiger partial charge >= 0.3 is 6.01 Å². The van der Waals surface area contributed by atoms with E-state index in [1.807, 2.05) is 0 Å². The first-order valence-corrected chi connectivity index (χ1v) is 16.4. The van der Waals surface area contributed by atoms with Crippen molar-refractivity contribution < 1.29 is 18.3 Å². The van der Waals surface area contributed by atoms with Crippen LogP contribution >= 0.6 is 22.6 Å². The molecule has 3 saturated heterocycles. The van der Waals surface area contributed by atoms with Crippen LogP contribution in [0.3, 0.4) is 0 Å². The van der Waals surface area contributed by atoms with Crippen molar-refractivity contribution >= 4 is 55.8 Å². The average Bonchev–Trinajstić information content (AvgIpc) is 3.43. The van der Waals surface area contributed by atoms with Gasteiger partial charge in [0.2, 0.25) is 0 Å². The number of pyridine rings is 1. The van der Waals surface area contributed by atoms with Gasteiger partial charge < -0.3 is 20.1 Å². The molecule has 1 saturated carbocycles. The largest absolute Gasteiger partial charge is 0.461 e. The Morgan fingerprint density at radius 3 is 2.96 bits per heavy atom. The molecule has 0 bridgehead atoms. The number of alkyl halides is 1. The fraction of sp³-hybridized carbons (Fsp3) is 0.382. The molecule has 5 heterocycles. The molecule has 4 atom stereocenters. The summed E-state index contributed by atoms with van der Waals surface area (Å²) in [7, 11) is 0. The Bertz CT molecular complexity index is 1950. The maximum atomic E-state index is 16.9. The zero-order chi connectivity index (χ0) is 31.0. The Morgan fingerprint density at radius 2 is 2.11 bits per heavy atom. The number of nitrogens with two attached hydrogens (primary N) is 1. The molecular weight excluding hydrogens is 689 g/mol. The predicted octanol–water partition coefficient (Wildman–Crippen LogP) is 5.50. The summed E-state index contributed by atoms with van der Waals surface area (Å²) in [5.74, 6) is 2.09. The lowest BCUT2D eigenvalue weighted by molar-refractivity contribution is 0.108. The maximum absolute atomic E-state index is 16.9. The van der Waals surface area contributed by atoms with E-state index >= 15 is 4.39 Å². The molecule has 4 aromatic rings. The molecule has 4 fully saturated rings. The summed E-state index contributed by atoms with van der Waals surface area (Å²) < 4.78 is 44.4. The SMILES string of the molecule is C#Cc1c(F)ccc2cc(N)cc(-c3ncc4c(N5CCOC[C@@H]6C5[C@H]6I)nc(OC[C@@]56CCCN5CC(=C)C6)nc4c3F)c12. The molecule has 2 N–H and O–H groups in total. The molecule has 2 aromatic heterocycles. The Balaban J connectivity index is 1.29. The number of nitrogen functional groups attached to an aromatic ring is 1. The molecule has 45 heavy (non-hydrogen) atoms. The molecule has 2 aromatic carbocycles. The topological polar surface area (TPSA) is 89.6 Å². The van der Waals surface area contributed by atoms with Gasteiger partial charge in [-0.15, -0.1) is 6.42 Å². The lowest BCUT2D eigenvalue weighted by Gasteiger charge is -2.31. The van der Waals surface area contributed by atoms with E-state index in [2.05, 4.69) is 54.9 Å². The molecule has 4 aliphatic rings. The fourth-order valence-electron chi connectivity index (χ4n) is 7.62. The summed E-state index contributed by atoms with van der Waals surface area (Å²) in [6, 6.07) is 6.42. The van der Waals surface area contributed by atoms with Crippen LogP contribution in [0.4, 0.5) is 20.3 Å². The third-order valence-electron chi connectivity index (χ3n) is 9.79. The standard InChI is InChI=1S/C34H31F2IN6O2/c1-3-21-25(35)6-5-19-11-20(38)12-22(26(19)21)29-27(36)30-23(14-39-29)32(43-9-10-44-16-24-28(37)31(24)43)41-33(40-30)45-17-34-7-4-8-42(34)15-18(2)13-34/h1,5-6,11-12,14,24,28,31H,2,4,7-10,13,15-17,38H2/t24-,28-,31?,34-/m0/s1. The smallest absolute Gasteiger partial charge is 0.319 e. The van der Waals surface area contributed by atoms with Gasteiger partial charge in [0.15, 0.2) is 5.82 Å². The average molecular weight is 721 g/mol. The van der Waals surface area contributed by atoms with E-state index in [-0.39, 0.29) is 34.4 Å². The van der Waals surface area contributed by atoms with Crippen LogP contribution < -0.4 is 15.4 Å². The first kappa shape index (κ1) is 28.8. The minimum absolute atomic E-state index is 0.0205. The molecular formula is C34H31F2IN6O2. The summed E-state index contributed by atoms with van der Waals surface area (Å²) >= 11 is 2.45. The number of halogens is 3. The lowest BCUT2D eigenvalue weighted by atomic mass is 9.94. The molecule has 1 aliphatic carbocycles. The lowest BCUT2D eigenvalue weighted by Crippen LogP contribution is -2.43. The van der Waals surface area contributed by atoms with Crippen LogP contribution in [0, 0.1) is 29.9 Å². The van der Waals surface area contributed by atoms with Gasteiger partial charge in [0.1, 0.15) is 29.5 Å². The highest BCUT2D eigenvalue weighted by molar-refractivity contribution is 14.1. The highest BCUT2D eigenvalue weighted by Gasteiger charge is 2.54. The van der Waals surface area contributed by atoms with Crippen LogP contribution in [0.1, 0.15) is 24.8 Å². The van der Waals surface area contributed by atoms with Crippen molar-refractivity contribution in [1.82, 2.24) is 19.9 Å². The van der Waals surface area contributed by atoms with Crippen molar-refractivity contribution in [3.8, 4) is 29.6 Å². The number of anilines is 2. The van der Waals surface area contributed by atoms with Gasteiger partial charge in [-0.3, -0.25) is 9.88 Å². The van der Waals surface area contributed by atoms with E-state index in [0.717, 1.165) is 32.4 Å². The third kappa shape index (κ3) is 4.63. The van der Waals surface area contributed by atoms with Crippen LogP contribution in [-0.4, -0.2) is 74.8 Å². The monoisotopic (exact) mass is 720 g/mol. The van der Waals surface area contributed by atoms with Gasteiger partial charge in [0, 0.05) is 51.8 Å². The van der Waals surface area contributed by atoms with Crippen molar-refractivity contribution in [2.75, 3.05) is 50.1 Å². The Kier molecular flexibility index (Phi) is 6.89. The number of ether oxygens (including phenoxy) is 2. The summed E-state index contributed by atoms with van der Waals surface area (Å²) in [6.45, 7) is 8.27. The molecule has 11 heteroatoms. The third-order valence-corrected chi connectivity index (χ3v) is 11.4. The zero-order valence-electron chi connectivity index (χ0n) is 24.5. The summed E-state index contributed by atoms with van der Waals surface area (Å²) in [5.41, 5.74) is 7.99. The predicted molar refractivity (Wildman–Crippen MR) is 179 cm³/mol. The van der Waals surface area contributed by atoms with Gasteiger partial charge in [-0.25, -0.2) is 8.78 Å². The zero-order valence-corrected chi connectivity index (χ0v) is 26.7. The number of rotatable bonds is 5. The van der Waals surface area contributed by atoms with Gasteiger partial charge in [0.25, 0.3) is 0 Å². The Hall–Kier alpha value is -3.60. The summed E-state index contributed by atoms with van der Waals surface area (Å²) in [6.07, 6.45) is 10.3. The maximum Gasteiger partial charge on any atom is 0.319 e. The number of nitrogens with zero attached hydrogens (tertiary/aromatic N) is 5. The molecule has 0 spiro atoms. The van der Waals surface area contributed by atoms with Crippen LogP contribution in [0.25, 0.3) is 32.9 Å². The summed E-state index contributed by atoms with van der Waals surface area (Å²) in [4.78, 5) is 18.8. The molecule has 8 rings (SSSR count). The first-order valence-electron chi connectivity index (χ1n) is 15.2.